The number of amides is 3. The number of phosphoric acid groups is 1. The van der Waals surface area contributed by atoms with E-state index >= 15 is 8.78 Å². The van der Waals surface area contributed by atoms with Gasteiger partial charge < -0.3 is 35.0 Å². The molecule has 4 atom stereocenters. The number of phosphoric ester groups is 1. The third-order valence-electron chi connectivity index (χ3n) is 12.6. The van der Waals surface area contributed by atoms with Gasteiger partial charge in [-0.2, -0.15) is 49.6 Å². The van der Waals surface area contributed by atoms with Crippen LogP contribution in [0.3, 0.4) is 0 Å². The summed E-state index contributed by atoms with van der Waals surface area (Å²) in [6, 6.07) is 3.95. The highest BCUT2D eigenvalue weighted by Crippen LogP contribution is 2.68. The van der Waals surface area contributed by atoms with Crippen molar-refractivity contribution in [2.75, 3.05) is 30.2 Å². The largest absolute Gasteiger partial charge is 0.481 e. The second-order valence-corrected chi connectivity index (χ2v) is 25.2. The standard InChI is InChI=1S/C46H42ClF10N8O15PS2/c1-43(2,82(3,74)75)10-9-24-5-6-26(36(59-24)31(13-21-11-22(48)14-23(49)12-21)60-32(66)18-63-39-34(38(61-63)46(55,56)57)28-16-29(28)45(39,53)54)27-7-8-30(47)35-37(27)64(19-44(50,51)52)62-40(35)65(83(4,76)77)42(70)80-25(15-33(67)68)17-58-41(69)78-20-79-81(71,72)73/h5-8,11-12,14,25,28-29,31H,13,15-20H2,1-4H3,(H,58,69)(H,60,66)(H,67,68)(H2,71,72,73)/t25-,28-,29?,31-/m0/s1. The third-order valence-corrected chi connectivity index (χ3v) is 16.3. The lowest BCUT2D eigenvalue weighted by molar-refractivity contribution is -0.143. The molecule has 3 amide bonds. The van der Waals surface area contributed by atoms with Crippen LogP contribution in [0.15, 0.2) is 42.5 Å². The smallest absolute Gasteiger partial charge is 0.472 e. The Bertz CT molecular complexity index is 3790. The molecule has 0 saturated heterocycles. The number of hydrogen-bond acceptors (Lipinski definition) is 15. The molecule has 450 valence electrons. The molecule has 2 aliphatic carbocycles. The van der Waals surface area contributed by atoms with Crippen LogP contribution >= 0.6 is 19.4 Å². The zero-order valence-corrected chi connectivity index (χ0v) is 45.9. The van der Waals surface area contributed by atoms with Crippen LogP contribution in [0.1, 0.15) is 72.6 Å². The minimum absolute atomic E-state index is 0.0757. The molecule has 3 aromatic heterocycles. The molecule has 3 heterocycles. The van der Waals surface area contributed by atoms with Crippen LogP contribution < -0.4 is 14.9 Å². The number of halogens is 11. The highest BCUT2D eigenvalue weighted by molar-refractivity contribution is 7.93. The number of carboxylic acids is 1. The van der Waals surface area contributed by atoms with E-state index < -0.39 is 211 Å². The van der Waals surface area contributed by atoms with E-state index in [4.69, 9.17) is 26.1 Å². The fourth-order valence-corrected chi connectivity index (χ4v) is 10.1. The number of aliphatic carboxylic acids is 1. The third kappa shape index (κ3) is 14.6. The summed E-state index contributed by atoms with van der Waals surface area (Å²) in [7, 11) is -14.4. The number of alkyl carbamates (subject to hydrolysis) is 1. The van der Waals surface area contributed by atoms with Crippen molar-refractivity contribution in [3.63, 3.8) is 0 Å². The van der Waals surface area contributed by atoms with Crippen molar-refractivity contribution in [1.82, 2.24) is 35.2 Å². The van der Waals surface area contributed by atoms with Gasteiger partial charge in [0.15, 0.2) is 21.3 Å². The molecule has 7 rings (SSSR count). The first-order valence-corrected chi connectivity index (χ1v) is 29.0. The van der Waals surface area contributed by atoms with Gasteiger partial charge in [0.05, 0.1) is 46.9 Å². The molecule has 2 aromatic carbocycles. The van der Waals surface area contributed by atoms with E-state index in [1.54, 1.807) is 0 Å². The van der Waals surface area contributed by atoms with Gasteiger partial charge in [0.2, 0.25) is 22.7 Å². The van der Waals surface area contributed by atoms with Crippen molar-refractivity contribution in [2.24, 2.45) is 5.92 Å². The number of rotatable bonds is 19. The number of anilines is 1. The molecule has 1 saturated carbocycles. The number of carboxylic acid groups (broad SMARTS) is 1. The fraction of sp³-hybridized carbons (Fsp3) is 0.413. The molecule has 0 bridgehead atoms. The quantitative estimate of drug-likeness (QED) is 0.0245. The summed E-state index contributed by atoms with van der Waals surface area (Å²) in [5, 5.41) is 19.4. The SMILES string of the molecule is CC(C)(C#Cc1ccc(-c2ccc(Cl)c3c(N(C(=O)O[C@H](CNC(=O)OCOP(=O)(O)O)CC(=O)O)S(C)(=O)=O)nn(CC(F)(F)F)c23)c([C@H](Cc2cc(F)cc(F)c2)NC(=O)Cn2nc(C(F)(F)F)c3c2C(F)(F)C2C[C@H]32)n1)S(C)(=O)=O. The maximum atomic E-state index is 15.7. The lowest BCUT2D eigenvalue weighted by Gasteiger charge is -2.23. The molecular weight excluding hydrogens is 1230 g/mol. The van der Waals surface area contributed by atoms with Crippen LogP contribution in [0.2, 0.25) is 5.02 Å². The summed E-state index contributed by atoms with van der Waals surface area (Å²) in [5.74, 6) is -8.65. The number of sulfone groups is 1. The molecule has 1 fully saturated rings. The summed E-state index contributed by atoms with van der Waals surface area (Å²) in [6.07, 6.45) is -17.6. The topological polar surface area (TPSA) is 318 Å². The highest BCUT2D eigenvalue weighted by Gasteiger charge is 2.68. The number of alkyl halides is 8. The maximum absolute atomic E-state index is 15.7. The number of nitrogens with one attached hydrogen (secondary N) is 2. The van der Waals surface area contributed by atoms with Gasteiger partial charge in [-0.05, 0) is 74.4 Å². The zero-order chi connectivity index (χ0) is 61.9. The van der Waals surface area contributed by atoms with Gasteiger partial charge >= 0.3 is 38.3 Å². The van der Waals surface area contributed by atoms with Crippen LogP contribution in [-0.4, -0.2) is 123 Å². The lowest BCUT2D eigenvalue weighted by Crippen LogP contribution is -2.43. The van der Waals surface area contributed by atoms with Gasteiger partial charge in [-0.25, -0.2) is 49.3 Å². The minimum Gasteiger partial charge on any atom is -0.481 e. The Kier molecular flexibility index (Phi) is 17.5. The number of aromatic nitrogens is 5. The number of nitrogens with zero attached hydrogens (tertiary/aromatic N) is 6. The van der Waals surface area contributed by atoms with Gasteiger partial charge in [-0.15, -0.1) is 0 Å². The summed E-state index contributed by atoms with van der Waals surface area (Å²) in [5.41, 5.74) is -6.93. The second kappa shape index (κ2) is 22.8. The van der Waals surface area contributed by atoms with Crippen LogP contribution in [0.4, 0.5) is 59.3 Å². The molecule has 5 aromatic rings. The summed E-state index contributed by atoms with van der Waals surface area (Å²) >= 11 is 6.62. The Morgan fingerprint density at radius 2 is 1.60 bits per heavy atom. The summed E-state index contributed by atoms with van der Waals surface area (Å²) in [4.78, 5) is 74.3. The number of ether oxygens (including phenoxy) is 2. The zero-order valence-electron chi connectivity index (χ0n) is 42.6. The number of benzene rings is 2. The molecular formula is C46H42ClF10N8O15PS2. The van der Waals surface area contributed by atoms with E-state index in [1.165, 1.54) is 13.8 Å². The van der Waals surface area contributed by atoms with Crippen molar-refractivity contribution in [3.05, 3.63) is 93.0 Å². The molecule has 0 radical (unpaired) electrons. The van der Waals surface area contributed by atoms with Crippen LogP contribution in [0.5, 0.6) is 0 Å². The Hall–Kier alpha value is -7.09. The molecule has 23 nitrogen and oxygen atoms in total. The average molecular weight is 1270 g/mol. The molecule has 5 N–H and O–H groups in total. The Morgan fingerprint density at radius 3 is 2.18 bits per heavy atom. The van der Waals surface area contributed by atoms with Crippen molar-refractivity contribution in [3.8, 4) is 23.0 Å². The normalized spacial score (nSPS) is 16.7. The first kappa shape index (κ1) is 63.5. The number of carbonyl (C=O) groups excluding carboxylic acids is 3. The van der Waals surface area contributed by atoms with Gasteiger partial charge in [0.25, 0.3) is 5.92 Å². The van der Waals surface area contributed by atoms with E-state index in [2.05, 4.69) is 41.6 Å². The molecule has 37 heteroatoms. The minimum atomic E-state index is -5.31. The molecule has 0 aliphatic heterocycles. The first-order chi connectivity index (χ1) is 38.1. The van der Waals surface area contributed by atoms with Gasteiger partial charge in [0.1, 0.15) is 47.0 Å². The number of fused-ring (bicyclic) bond motifs is 4. The van der Waals surface area contributed by atoms with Crippen molar-refractivity contribution < 1.29 is 113 Å². The fourth-order valence-electron chi connectivity index (χ4n) is 8.72. The van der Waals surface area contributed by atoms with Crippen molar-refractivity contribution in [1.29, 1.82) is 0 Å². The number of hydrogen-bond donors (Lipinski definition) is 5. The van der Waals surface area contributed by atoms with E-state index in [9.17, 15) is 80.8 Å². The predicted molar refractivity (Wildman–Crippen MR) is 265 cm³/mol. The molecule has 83 heavy (non-hydrogen) atoms. The number of pyridine rings is 1. The van der Waals surface area contributed by atoms with Crippen molar-refractivity contribution >= 4 is 80.1 Å². The van der Waals surface area contributed by atoms with E-state index in [0.29, 0.717) is 12.3 Å². The van der Waals surface area contributed by atoms with Gasteiger partial charge in [-0.3, -0.25) is 19.0 Å². The first-order valence-electron chi connectivity index (χ1n) is 23.4. The molecule has 1 unspecified atom stereocenters. The number of carbonyl (C=O) groups is 4. The Morgan fingerprint density at radius 1 is 0.964 bits per heavy atom. The van der Waals surface area contributed by atoms with E-state index in [0.717, 1.165) is 42.7 Å². The highest BCUT2D eigenvalue weighted by atomic mass is 35.5. The second-order valence-electron chi connectivity index (χ2n) is 19.2. The van der Waals surface area contributed by atoms with Crippen LogP contribution in [-0.2, 0) is 79.6 Å². The van der Waals surface area contributed by atoms with Crippen molar-refractivity contribution in [2.45, 2.75) is 87.3 Å². The summed E-state index contributed by atoms with van der Waals surface area (Å²) in [6.45, 7) is -3.62. The Labute approximate surface area is 466 Å². The maximum Gasteiger partial charge on any atom is 0.472 e. The van der Waals surface area contributed by atoms with E-state index in [1.807, 2.05) is 5.32 Å². The summed E-state index contributed by atoms with van der Waals surface area (Å²) < 4.78 is 223. The lowest BCUT2D eigenvalue weighted by atomic mass is 9.93. The molecule has 2 aliphatic rings. The van der Waals surface area contributed by atoms with Gasteiger partial charge in [0, 0.05) is 34.9 Å². The molecule has 0 spiro atoms. The average Bonchev–Trinajstić information content (AvgIpc) is 1.63. The van der Waals surface area contributed by atoms with Crippen LogP contribution in [0, 0.1) is 29.4 Å². The Balaban J connectivity index is 1.42. The van der Waals surface area contributed by atoms with E-state index in [-0.39, 0.29) is 25.7 Å². The van der Waals surface area contributed by atoms with Gasteiger partial charge in [-0.1, -0.05) is 23.6 Å². The predicted octanol–water partition coefficient (Wildman–Crippen LogP) is 6.83. The van der Waals surface area contributed by atoms with Crippen LogP contribution in [0.25, 0.3) is 22.0 Å². The number of sulfonamides is 1. The monoisotopic (exact) mass is 1270 g/mol.